The molecule has 4 heteroatoms. The molecular formula is C13H14BrClN2. The molecule has 0 aliphatic carbocycles. The summed E-state index contributed by atoms with van der Waals surface area (Å²) in [5.74, 6) is 0.917. The van der Waals surface area contributed by atoms with Gasteiger partial charge >= 0.3 is 0 Å². The van der Waals surface area contributed by atoms with Crippen molar-refractivity contribution >= 4 is 44.3 Å². The van der Waals surface area contributed by atoms with E-state index in [2.05, 4.69) is 39.2 Å². The predicted molar refractivity (Wildman–Crippen MR) is 78.1 cm³/mol. The van der Waals surface area contributed by atoms with Crippen molar-refractivity contribution in [1.29, 1.82) is 0 Å². The van der Waals surface area contributed by atoms with Crippen molar-refractivity contribution in [2.45, 2.75) is 20.3 Å². The lowest BCUT2D eigenvalue weighted by molar-refractivity contribution is 1.11. The Labute approximate surface area is 115 Å². The molecule has 0 amide bonds. The van der Waals surface area contributed by atoms with E-state index in [9.17, 15) is 0 Å². The summed E-state index contributed by atoms with van der Waals surface area (Å²) in [5, 5.41) is 4.92. The van der Waals surface area contributed by atoms with Crippen molar-refractivity contribution in [2.24, 2.45) is 0 Å². The molecule has 17 heavy (non-hydrogen) atoms. The summed E-state index contributed by atoms with van der Waals surface area (Å²) >= 11 is 9.88. The second-order valence-electron chi connectivity index (χ2n) is 3.99. The highest BCUT2D eigenvalue weighted by atomic mass is 79.9. The van der Waals surface area contributed by atoms with Crippen LogP contribution in [0.25, 0.3) is 10.9 Å². The van der Waals surface area contributed by atoms with Gasteiger partial charge in [0.25, 0.3) is 0 Å². The zero-order chi connectivity index (χ0) is 12.6. The average molecular weight is 314 g/mol. The van der Waals surface area contributed by atoms with Crippen molar-refractivity contribution in [3.05, 3.63) is 32.8 Å². The molecule has 0 aliphatic rings. The van der Waals surface area contributed by atoms with Crippen molar-refractivity contribution in [3.8, 4) is 0 Å². The molecule has 1 aromatic heterocycles. The third-order valence-corrected chi connectivity index (χ3v) is 3.98. The number of hydrogen-bond donors (Lipinski definition) is 1. The van der Waals surface area contributed by atoms with Gasteiger partial charge in [-0.15, -0.1) is 0 Å². The first-order valence-corrected chi connectivity index (χ1v) is 6.71. The van der Waals surface area contributed by atoms with Gasteiger partial charge in [-0.3, -0.25) is 0 Å². The van der Waals surface area contributed by atoms with E-state index in [0.29, 0.717) is 0 Å². The molecule has 0 saturated carbocycles. The van der Waals surface area contributed by atoms with E-state index in [1.54, 1.807) is 0 Å². The molecule has 0 fully saturated rings. The van der Waals surface area contributed by atoms with Gasteiger partial charge in [0.05, 0.1) is 10.5 Å². The van der Waals surface area contributed by atoms with Crippen LogP contribution in [0.1, 0.15) is 18.1 Å². The smallest absolute Gasteiger partial charge is 0.129 e. The number of nitrogens with zero attached hydrogens (tertiary/aromatic N) is 1. The van der Waals surface area contributed by atoms with Gasteiger partial charge < -0.3 is 5.32 Å². The first-order chi connectivity index (χ1) is 8.08. The Morgan fingerprint density at radius 2 is 2.12 bits per heavy atom. The van der Waals surface area contributed by atoms with Gasteiger partial charge in [-0.05, 0) is 52.5 Å². The Kier molecular flexibility index (Phi) is 3.59. The van der Waals surface area contributed by atoms with Crippen LogP contribution in [0.5, 0.6) is 0 Å². The number of pyridine rings is 1. The van der Waals surface area contributed by atoms with E-state index >= 15 is 0 Å². The monoisotopic (exact) mass is 312 g/mol. The van der Waals surface area contributed by atoms with Crippen LogP contribution >= 0.6 is 27.5 Å². The van der Waals surface area contributed by atoms with Crippen molar-refractivity contribution < 1.29 is 0 Å². The molecule has 0 unspecified atom stereocenters. The van der Waals surface area contributed by atoms with Crippen LogP contribution in [0.4, 0.5) is 5.82 Å². The van der Waals surface area contributed by atoms with E-state index in [1.165, 1.54) is 5.56 Å². The van der Waals surface area contributed by atoms with E-state index in [0.717, 1.165) is 38.2 Å². The lowest BCUT2D eigenvalue weighted by Gasteiger charge is -2.12. The summed E-state index contributed by atoms with van der Waals surface area (Å²) in [7, 11) is 1.89. The SMILES string of the molecule is CCc1cc2c(Cl)c(C)cc(Br)c2nc1NC. The largest absolute Gasteiger partial charge is 0.373 e. The van der Waals surface area contributed by atoms with Crippen molar-refractivity contribution in [2.75, 3.05) is 12.4 Å². The van der Waals surface area contributed by atoms with Crippen LogP contribution in [-0.4, -0.2) is 12.0 Å². The van der Waals surface area contributed by atoms with Gasteiger partial charge in [0.1, 0.15) is 5.82 Å². The second-order valence-corrected chi connectivity index (χ2v) is 5.22. The maximum atomic E-state index is 6.34. The van der Waals surface area contributed by atoms with Crippen LogP contribution in [0, 0.1) is 6.92 Å². The average Bonchev–Trinajstić information content (AvgIpc) is 2.34. The Morgan fingerprint density at radius 3 is 2.71 bits per heavy atom. The number of hydrogen-bond acceptors (Lipinski definition) is 2. The number of nitrogens with one attached hydrogen (secondary N) is 1. The lowest BCUT2D eigenvalue weighted by Crippen LogP contribution is -1.99. The van der Waals surface area contributed by atoms with Crippen LogP contribution < -0.4 is 5.32 Å². The third-order valence-electron chi connectivity index (χ3n) is 2.87. The number of rotatable bonds is 2. The molecule has 0 aliphatic heterocycles. The zero-order valence-electron chi connectivity index (χ0n) is 10.1. The normalized spacial score (nSPS) is 10.9. The molecule has 2 aromatic rings. The van der Waals surface area contributed by atoms with Crippen LogP contribution in [0.15, 0.2) is 16.6 Å². The molecule has 0 spiro atoms. The summed E-state index contributed by atoms with van der Waals surface area (Å²) in [6, 6.07) is 4.12. The summed E-state index contributed by atoms with van der Waals surface area (Å²) in [4.78, 5) is 4.62. The van der Waals surface area contributed by atoms with Crippen molar-refractivity contribution in [1.82, 2.24) is 4.98 Å². The van der Waals surface area contributed by atoms with Gasteiger partial charge in [-0.25, -0.2) is 4.98 Å². The number of benzene rings is 1. The van der Waals surface area contributed by atoms with E-state index in [1.807, 2.05) is 20.0 Å². The van der Waals surface area contributed by atoms with Gasteiger partial charge in [-0.2, -0.15) is 0 Å². The van der Waals surface area contributed by atoms with Gasteiger partial charge in [0.2, 0.25) is 0 Å². The Morgan fingerprint density at radius 1 is 1.41 bits per heavy atom. The van der Waals surface area contributed by atoms with Gasteiger partial charge in [0, 0.05) is 16.9 Å². The van der Waals surface area contributed by atoms with Crippen LogP contribution in [0.3, 0.4) is 0 Å². The Balaban J connectivity index is 2.87. The zero-order valence-corrected chi connectivity index (χ0v) is 12.4. The van der Waals surface area contributed by atoms with E-state index < -0.39 is 0 Å². The molecule has 0 radical (unpaired) electrons. The number of aromatic nitrogens is 1. The topological polar surface area (TPSA) is 24.9 Å². The summed E-state index contributed by atoms with van der Waals surface area (Å²) in [5.41, 5.74) is 3.15. The highest BCUT2D eigenvalue weighted by Gasteiger charge is 2.11. The maximum Gasteiger partial charge on any atom is 0.129 e. The maximum absolute atomic E-state index is 6.34. The minimum absolute atomic E-state index is 0.785. The number of halogens is 2. The predicted octanol–water partition coefficient (Wildman–Crippen LogP) is 4.56. The standard InChI is InChI=1S/C13H14BrClN2/c1-4-8-6-9-11(15)7(2)5-10(14)12(9)17-13(8)16-3/h5-6H,4H2,1-3H3,(H,16,17). The van der Waals surface area contributed by atoms with Gasteiger partial charge in [-0.1, -0.05) is 18.5 Å². The summed E-state index contributed by atoms with van der Waals surface area (Å²) in [6.45, 7) is 4.12. The number of anilines is 1. The number of fused-ring (bicyclic) bond motifs is 1. The number of aryl methyl sites for hydroxylation is 2. The van der Waals surface area contributed by atoms with Gasteiger partial charge in [0.15, 0.2) is 0 Å². The first kappa shape index (κ1) is 12.7. The molecule has 0 bridgehead atoms. The fourth-order valence-corrected chi connectivity index (χ4v) is 2.77. The molecule has 2 rings (SSSR count). The first-order valence-electron chi connectivity index (χ1n) is 5.54. The highest BCUT2D eigenvalue weighted by Crippen LogP contribution is 2.34. The molecule has 0 atom stereocenters. The van der Waals surface area contributed by atoms with E-state index in [-0.39, 0.29) is 0 Å². The molecule has 1 aromatic carbocycles. The quantitative estimate of drug-likeness (QED) is 0.879. The highest BCUT2D eigenvalue weighted by molar-refractivity contribution is 9.10. The lowest BCUT2D eigenvalue weighted by atomic mass is 10.1. The molecule has 2 nitrogen and oxygen atoms in total. The Hall–Kier alpha value is -0.800. The fourth-order valence-electron chi connectivity index (χ4n) is 1.92. The van der Waals surface area contributed by atoms with E-state index in [4.69, 9.17) is 11.6 Å². The molecular weight excluding hydrogens is 300 g/mol. The molecule has 0 saturated heterocycles. The molecule has 1 N–H and O–H groups in total. The molecule has 90 valence electrons. The second kappa shape index (κ2) is 4.83. The van der Waals surface area contributed by atoms with Crippen molar-refractivity contribution in [3.63, 3.8) is 0 Å². The minimum Gasteiger partial charge on any atom is -0.373 e. The summed E-state index contributed by atoms with van der Waals surface area (Å²) < 4.78 is 0.980. The summed E-state index contributed by atoms with van der Waals surface area (Å²) in [6.07, 6.45) is 0.932. The fraction of sp³-hybridized carbons (Fsp3) is 0.308. The minimum atomic E-state index is 0.785. The Bertz CT molecular complexity index is 581. The van der Waals surface area contributed by atoms with Crippen LogP contribution in [0.2, 0.25) is 5.02 Å². The third kappa shape index (κ3) is 2.14. The molecule has 1 heterocycles. The van der Waals surface area contributed by atoms with Crippen LogP contribution in [-0.2, 0) is 6.42 Å².